The number of anilines is 1. The molecule has 0 amide bonds. The van der Waals surface area contributed by atoms with E-state index in [9.17, 15) is 26.3 Å². The summed E-state index contributed by atoms with van der Waals surface area (Å²) in [4.78, 5) is 3.94. The first-order valence-electron chi connectivity index (χ1n) is 7.66. The highest BCUT2D eigenvalue weighted by molar-refractivity contribution is 5.88. The minimum Gasteiger partial charge on any atom is -0.398 e. The number of nitrogens with two attached hydrogens (primary N) is 1. The summed E-state index contributed by atoms with van der Waals surface area (Å²) in [6.07, 6.45) is -6.50. The van der Waals surface area contributed by atoms with Crippen molar-refractivity contribution in [2.24, 2.45) is 0 Å². The van der Waals surface area contributed by atoms with Crippen LogP contribution in [0.1, 0.15) is 11.1 Å². The Bertz CT molecular complexity index is 901. The summed E-state index contributed by atoms with van der Waals surface area (Å²) in [5.41, 5.74) is 5.14. The molecular weight excluding hydrogens is 370 g/mol. The molecule has 0 aliphatic rings. The van der Waals surface area contributed by atoms with E-state index in [2.05, 4.69) is 4.98 Å². The van der Waals surface area contributed by atoms with E-state index in [0.29, 0.717) is 0 Å². The summed E-state index contributed by atoms with van der Waals surface area (Å²) in [7, 11) is 0. The third-order valence-corrected chi connectivity index (χ3v) is 3.99. The van der Waals surface area contributed by atoms with Gasteiger partial charge in [-0.15, -0.1) is 0 Å². The number of alkyl halides is 6. The molecule has 0 aliphatic carbocycles. The topological polar surface area (TPSA) is 38.9 Å². The van der Waals surface area contributed by atoms with E-state index in [1.54, 1.807) is 0 Å². The molecule has 0 atom stereocenters. The minimum atomic E-state index is -4.53. The third kappa shape index (κ3) is 3.89. The summed E-state index contributed by atoms with van der Waals surface area (Å²) in [6, 6.07) is 9.00. The number of rotatable bonds is 2. The lowest BCUT2D eigenvalue weighted by Crippen LogP contribution is -2.05. The van der Waals surface area contributed by atoms with Gasteiger partial charge >= 0.3 is 12.4 Å². The molecule has 1 heterocycles. The van der Waals surface area contributed by atoms with Gasteiger partial charge in [0, 0.05) is 23.5 Å². The molecule has 0 fully saturated rings. The number of aromatic nitrogens is 1. The highest BCUT2D eigenvalue weighted by atomic mass is 19.4. The van der Waals surface area contributed by atoms with Crippen LogP contribution in [0.4, 0.5) is 32.0 Å². The molecule has 0 spiro atoms. The van der Waals surface area contributed by atoms with Crippen LogP contribution in [0.5, 0.6) is 0 Å². The number of nitrogens with zero attached hydrogens (tertiary/aromatic N) is 1. The molecule has 0 unspecified atom stereocenters. The number of nitrogen functional groups attached to an aromatic ring is 1. The Kier molecular flexibility index (Phi) is 4.59. The maximum Gasteiger partial charge on any atom is 0.416 e. The molecule has 0 saturated carbocycles. The minimum absolute atomic E-state index is 0.0450. The maximum atomic E-state index is 12.9. The van der Waals surface area contributed by atoms with Crippen LogP contribution in [0, 0.1) is 0 Å². The summed E-state index contributed by atoms with van der Waals surface area (Å²) < 4.78 is 77.6. The molecule has 0 radical (unpaired) electrons. The first-order valence-corrected chi connectivity index (χ1v) is 7.66. The zero-order valence-electron chi connectivity index (χ0n) is 13.6. The lowest BCUT2D eigenvalue weighted by Gasteiger charge is -2.14. The van der Waals surface area contributed by atoms with Crippen molar-refractivity contribution >= 4 is 5.69 Å². The second-order valence-corrected chi connectivity index (χ2v) is 5.81. The van der Waals surface area contributed by atoms with Crippen molar-refractivity contribution in [3.8, 4) is 22.3 Å². The maximum absolute atomic E-state index is 12.9. The average molecular weight is 382 g/mol. The molecule has 2 nitrogen and oxygen atoms in total. The van der Waals surface area contributed by atoms with Gasteiger partial charge in [-0.2, -0.15) is 26.3 Å². The van der Waals surface area contributed by atoms with Gasteiger partial charge in [0.1, 0.15) is 0 Å². The monoisotopic (exact) mass is 382 g/mol. The predicted molar refractivity (Wildman–Crippen MR) is 89.5 cm³/mol. The molecule has 1 aromatic heterocycles. The standard InChI is InChI=1S/C19H12F6N2/c20-18(21,22)13-5-1-3-11(7-13)15-9-27-10-16(17(15)26)12-4-2-6-14(8-12)19(23,24)25/h1-10H,(H2,26,27). The quantitative estimate of drug-likeness (QED) is 0.549. The normalized spacial score (nSPS) is 12.2. The van der Waals surface area contributed by atoms with Gasteiger partial charge in [-0.1, -0.05) is 24.3 Å². The average Bonchev–Trinajstić information content (AvgIpc) is 2.61. The molecule has 140 valence electrons. The number of pyridine rings is 1. The first-order chi connectivity index (χ1) is 12.6. The van der Waals surface area contributed by atoms with Crippen LogP contribution in [0.15, 0.2) is 60.9 Å². The Labute approximate surface area is 150 Å². The lowest BCUT2D eigenvalue weighted by atomic mass is 9.97. The van der Waals surface area contributed by atoms with Crippen LogP contribution >= 0.6 is 0 Å². The van der Waals surface area contributed by atoms with E-state index >= 15 is 0 Å². The summed E-state index contributed by atoms with van der Waals surface area (Å²) in [5, 5.41) is 0. The van der Waals surface area contributed by atoms with Crippen molar-refractivity contribution in [3.05, 3.63) is 72.1 Å². The molecule has 3 aromatic rings. The molecule has 2 aromatic carbocycles. The van der Waals surface area contributed by atoms with Crippen LogP contribution in [0.2, 0.25) is 0 Å². The fourth-order valence-corrected chi connectivity index (χ4v) is 2.66. The number of hydrogen-bond donors (Lipinski definition) is 1. The van der Waals surface area contributed by atoms with E-state index < -0.39 is 23.5 Å². The van der Waals surface area contributed by atoms with Crippen molar-refractivity contribution in [2.75, 3.05) is 5.73 Å². The molecule has 3 rings (SSSR count). The van der Waals surface area contributed by atoms with E-state index in [1.807, 2.05) is 0 Å². The highest BCUT2D eigenvalue weighted by Crippen LogP contribution is 2.38. The van der Waals surface area contributed by atoms with Crippen LogP contribution < -0.4 is 5.73 Å². The molecule has 2 N–H and O–H groups in total. The van der Waals surface area contributed by atoms with Crippen LogP contribution in [0.3, 0.4) is 0 Å². The van der Waals surface area contributed by atoms with Crippen molar-refractivity contribution in [1.29, 1.82) is 0 Å². The van der Waals surface area contributed by atoms with Crippen molar-refractivity contribution in [1.82, 2.24) is 4.98 Å². The fourth-order valence-electron chi connectivity index (χ4n) is 2.66. The molecular formula is C19H12F6N2. The van der Waals surface area contributed by atoms with Crippen LogP contribution in [-0.2, 0) is 12.4 Å². The summed E-state index contributed by atoms with van der Waals surface area (Å²) in [5.74, 6) is 0. The predicted octanol–water partition coefficient (Wildman–Crippen LogP) is 6.04. The largest absolute Gasteiger partial charge is 0.416 e. The second-order valence-electron chi connectivity index (χ2n) is 5.81. The van der Waals surface area contributed by atoms with Gasteiger partial charge < -0.3 is 5.73 Å². The van der Waals surface area contributed by atoms with E-state index in [0.717, 1.165) is 24.3 Å². The van der Waals surface area contributed by atoms with Gasteiger partial charge in [-0.25, -0.2) is 0 Å². The Morgan fingerprint density at radius 2 is 1.07 bits per heavy atom. The SMILES string of the molecule is Nc1c(-c2cccc(C(F)(F)F)c2)cncc1-c1cccc(C(F)(F)F)c1. The Balaban J connectivity index is 2.11. The van der Waals surface area contributed by atoms with Crippen molar-refractivity contribution in [2.45, 2.75) is 12.4 Å². The van der Waals surface area contributed by atoms with Gasteiger partial charge in [0.2, 0.25) is 0 Å². The third-order valence-electron chi connectivity index (χ3n) is 3.99. The number of benzene rings is 2. The van der Waals surface area contributed by atoms with Gasteiger partial charge in [-0.05, 0) is 35.4 Å². The van der Waals surface area contributed by atoms with E-state index in [1.165, 1.54) is 36.7 Å². The first kappa shape index (κ1) is 18.8. The molecule has 8 heteroatoms. The van der Waals surface area contributed by atoms with Gasteiger partial charge in [0.15, 0.2) is 0 Å². The Morgan fingerprint density at radius 3 is 1.44 bits per heavy atom. The van der Waals surface area contributed by atoms with Crippen molar-refractivity contribution < 1.29 is 26.3 Å². The Hall–Kier alpha value is -3.03. The van der Waals surface area contributed by atoms with Gasteiger partial charge in [0.25, 0.3) is 0 Å². The second kappa shape index (κ2) is 6.61. The van der Waals surface area contributed by atoms with Crippen LogP contribution in [0.25, 0.3) is 22.3 Å². The van der Waals surface area contributed by atoms with Crippen molar-refractivity contribution in [3.63, 3.8) is 0 Å². The van der Waals surface area contributed by atoms with E-state index in [4.69, 9.17) is 5.73 Å². The molecule has 0 aliphatic heterocycles. The Morgan fingerprint density at radius 1 is 0.667 bits per heavy atom. The van der Waals surface area contributed by atoms with Gasteiger partial charge in [-0.3, -0.25) is 4.98 Å². The molecule has 27 heavy (non-hydrogen) atoms. The summed E-state index contributed by atoms with van der Waals surface area (Å²) in [6.45, 7) is 0. The molecule has 0 saturated heterocycles. The van der Waals surface area contributed by atoms with Gasteiger partial charge in [0.05, 0.1) is 16.8 Å². The highest BCUT2D eigenvalue weighted by Gasteiger charge is 2.31. The van der Waals surface area contributed by atoms with Crippen LogP contribution in [-0.4, -0.2) is 4.98 Å². The zero-order valence-corrected chi connectivity index (χ0v) is 13.6. The molecule has 0 bridgehead atoms. The zero-order chi connectivity index (χ0) is 19.8. The fraction of sp³-hybridized carbons (Fsp3) is 0.105. The number of hydrogen-bond acceptors (Lipinski definition) is 2. The van der Waals surface area contributed by atoms with E-state index in [-0.39, 0.29) is 27.9 Å². The smallest absolute Gasteiger partial charge is 0.398 e. The summed E-state index contributed by atoms with van der Waals surface area (Å²) >= 11 is 0. The lowest BCUT2D eigenvalue weighted by molar-refractivity contribution is -0.138. The number of halogens is 6.